The standard InChI is InChI=1S/C20H16N4/c1-3-8-15(9-4-1)14-22-20-18(16-10-5-2-6-11-16)23-17-12-7-13-21-19(17)24-20/h1-13H,14H2,(H,21,22,24). The number of pyridine rings is 1. The van der Waals surface area contributed by atoms with E-state index in [1.54, 1.807) is 6.20 Å². The maximum atomic E-state index is 4.77. The Morgan fingerprint density at radius 1 is 0.750 bits per heavy atom. The Kier molecular flexibility index (Phi) is 3.86. The zero-order valence-corrected chi connectivity index (χ0v) is 13.1. The molecule has 4 rings (SSSR count). The van der Waals surface area contributed by atoms with Gasteiger partial charge in [-0.15, -0.1) is 0 Å². The van der Waals surface area contributed by atoms with Crippen molar-refractivity contribution in [2.45, 2.75) is 6.54 Å². The zero-order chi connectivity index (χ0) is 16.2. The minimum atomic E-state index is 0.646. The van der Waals surface area contributed by atoms with Gasteiger partial charge < -0.3 is 5.32 Å². The van der Waals surface area contributed by atoms with Gasteiger partial charge >= 0.3 is 0 Å². The van der Waals surface area contributed by atoms with Crippen LogP contribution in [0.15, 0.2) is 79.0 Å². The number of benzene rings is 2. The van der Waals surface area contributed by atoms with E-state index >= 15 is 0 Å². The fraction of sp³-hybridized carbons (Fsp3) is 0.0500. The first kappa shape index (κ1) is 14.3. The van der Waals surface area contributed by atoms with E-state index in [2.05, 4.69) is 27.4 Å². The van der Waals surface area contributed by atoms with Crippen LogP contribution in [-0.2, 0) is 6.54 Å². The number of hydrogen-bond donors (Lipinski definition) is 1. The molecule has 4 heteroatoms. The Labute approximate surface area is 140 Å². The van der Waals surface area contributed by atoms with Gasteiger partial charge in [-0.2, -0.15) is 0 Å². The molecule has 0 saturated heterocycles. The van der Waals surface area contributed by atoms with E-state index in [9.17, 15) is 0 Å². The van der Waals surface area contributed by atoms with Gasteiger partial charge in [-0.3, -0.25) is 0 Å². The lowest BCUT2D eigenvalue weighted by Crippen LogP contribution is -2.05. The minimum Gasteiger partial charge on any atom is -0.364 e. The number of aromatic nitrogens is 3. The van der Waals surface area contributed by atoms with Crippen molar-refractivity contribution in [1.29, 1.82) is 0 Å². The van der Waals surface area contributed by atoms with Crippen LogP contribution in [0.1, 0.15) is 5.56 Å². The molecule has 24 heavy (non-hydrogen) atoms. The smallest absolute Gasteiger partial charge is 0.180 e. The Morgan fingerprint density at radius 3 is 2.29 bits per heavy atom. The quantitative estimate of drug-likeness (QED) is 0.610. The second kappa shape index (κ2) is 6.46. The van der Waals surface area contributed by atoms with Crippen LogP contribution in [0.3, 0.4) is 0 Å². The third kappa shape index (κ3) is 2.94. The predicted molar refractivity (Wildman–Crippen MR) is 96.5 cm³/mol. The molecule has 2 heterocycles. The van der Waals surface area contributed by atoms with Gasteiger partial charge in [0.2, 0.25) is 0 Å². The zero-order valence-electron chi connectivity index (χ0n) is 13.1. The molecule has 0 aliphatic rings. The highest BCUT2D eigenvalue weighted by Crippen LogP contribution is 2.26. The largest absolute Gasteiger partial charge is 0.364 e. The molecule has 116 valence electrons. The number of anilines is 1. The first-order chi connectivity index (χ1) is 11.9. The molecule has 4 aromatic rings. The first-order valence-electron chi connectivity index (χ1n) is 7.86. The van der Waals surface area contributed by atoms with Crippen molar-refractivity contribution in [3.05, 3.63) is 84.6 Å². The molecule has 0 fully saturated rings. The predicted octanol–water partition coefficient (Wildman–Crippen LogP) is 4.30. The van der Waals surface area contributed by atoms with Crippen molar-refractivity contribution in [1.82, 2.24) is 15.0 Å². The summed E-state index contributed by atoms with van der Waals surface area (Å²) in [5.41, 5.74) is 4.51. The van der Waals surface area contributed by atoms with E-state index < -0.39 is 0 Å². The third-order valence-corrected chi connectivity index (χ3v) is 3.79. The molecule has 0 radical (unpaired) electrons. The summed E-state index contributed by atoms with van der Waals surface area (Å²) in [6, 6.07) is 24.1. The van der Waals surface area contributed by atoms with Crippen molar-refractivity contribution < 1.29 is 0 Å². The summed E-state index contributed by atoms with van der Waals surface area (Å²) in [5, 5.41) is 3.41. The highest BCUT2D eigenvalue weighted by atomic mass is 15.0. The first-order valence-corrected chi connectivity index (χ1v) is 7.86. The Balaban J connectivity index is 1.77. The van der Waals surface area contributed by atoms with E-state index in [1.807, 2.05) is 60.7 Å². The van der Waals surface area contributed by atoms with Gasteiger partial charge in [0.15, 0.2) is 11.5 Å². The van der Waals surface area contributed by atoms with Crippen molar-refractivity contribution in [2.75, 3.05) is 5.32 Å². The fourth-order valence-electron chi connectivity index (χ4n) is 2.60. The number of nitrogens with zero attached hydrogens (tertiary/aromatic N) is 3. The highest BCUT2D eigenvalue weighted by Gasteiger charge is 2.11. The summed E-state index contributed by atoms with van der Waals surface area (Å²) < 4.78 is 0. The third-order valence-electron chi connectivity index (χ3n) is 3.79. The number of rotatable bonds is 4. The van der Waals surface area contributed by atoms with E-state index in [-0.39, 0.29) is 0 Å². The molecule has 0 atom stereocenters. The average Bonchev–Trinajstić information content (AvgIpc) is 2.67. The maximum absolute atomic E-state index is 4.77. The normalized spacial score (nSPS) is 10.7. The van der Waals surface area contributed by atoms with Gasteiger partial charge in [0, 0.05) is 18.3 Å². The van der Waals surface area contributed by atoms with E-state index in [0.717, 1.165) is 22.6 Å². The molecule has 1 N–H and O–H groups in total. The Hall–Kier alpha value is -3.27. The molecule has 0 amide bonds. The van der Waals surface area contributed by atoms with Gasteiger partial charge in [-0.25, -0.2) is 15.0 Å². The molecule has 4 nitrogen and oxygen atoms in total. The van der Waals surface area contributed by atoms with Crippen LogP contribution in [0.4, 0.5) is 5.82 Å². The molecular weight excluding hydrogens is 296 g/mol. The summed E-state index contributed by atoms with van der Waals surface area (Å²) in [6.07, 6.45) is 1.74. The van der Waals surface area contributed by atoms with E-state index in [0.29, 0.717) is 12.2 Å². The summed E-state index contributed by atoms with van der Waals surface area (Å²) in [4.78, 5) is 13.8. The van der Waals surface area contributed by atoms with Crippen molar-refractivity contribution >= 4 is 17.0 Å². The van der Waals surface area contributed by atoms with Gasteiger partial charge in [-0.1, -0.05) is 60.7 Å². The van der Waals surface area contributed by atoms with Crippen LogP contribution in [0.5, 0.6) is 0 Å². The summed E-state index contributed by atoms with van der Waals surface area (Å²) in [5.74, 6) is 0.747. The van der Waals surface area contributed by atoms with E-state index in [1.165, 1.54) is 5.56 Å². The fourth-order valence-corrected chi connectivity index (χ4v) is 2.60. The number of hydrogen-bond acceptors (Lipinski definition) is 4. The van der Waals surface area contributed by atoms with Crippen LogP contribution < -0.4 is 5.32 Å². The second-order valence-electron chi connectivity index (χ2n) is 5.47. The second-order valence-corrected chi connectivity index (χ2v) is 5.47. The van der Waals surface area contributed by atoms with Gasteiger partial charge in [0.25, 0.3) is 0 Å². The van der Waals surface area contributed by atoms with Gasteiger partial charge in [-0.05, 0) is 17.7 Å². The molecule has 0 aliphatic heterocycles. The summed E-state index contributed by atoms with van der Waals surface area (Å²) >= 11 is 0. The lowest BCUT2D eigenvalue weighted by Gasteiger charge is -2.11. The monoisotopic (exact) mass is 312 g/mol. The Bertz CT molecular complexity index is 953. The van der Waals surface area contributed by atoms with Crippen molar-refractivity contribution in [3.63, 3.8) is 0 Å². The van der Waals surface area contributed by atoms with Crippen LogP contribution in [0.25, 0.3) is 22.4 Å². The molecule has 2 aromatic heterocycles. The molecule has 0 saturated carbocycles. The summed E-state index contributed by atoms with van der Waals surface area (Å²) in [6.45, 7) is 0.688. The molecule has 0 unspecified atom stereocenters. The molecule has 0 aliphatic carbocycles. The van der Waals surface area contributed by atoms with Crippen LogP contribution >= 0.6 is 0 Å². The lowest BCUT2D eigenvalue weighted by molar-refractivity contribution is 1.10. The maximum Gasteiger partial charge on any atom is 0.180 e. The van der Waals surface area contributed by atoms with Crippen LogP contribution in [0, 0.1) is 0 Å². The summed E-state index contributed by atoms with van der Waals surface area (Å²) in [7, 11) is 0. The number of nitrogens with one attached hydrogen (secondary N) is 1. The SMILES string of the molecule is c1ccc(CNc2nc3ncccc3nc2-c2ccccc2)cc1. The Morgan fingerprint density at radius 2 is 1.50 bits per heavy atom. The molecule has 0 spiro atoms. The van der Waals surface area contributed by atoms with Crippen molar-refractivity contribution in [3.8, 4) is 11.3 Å². The molecule has 0 bridgehead atoms. The van der Waals surface area contributed by atoms with Gasteiger partial charge in [0.1, 0.15) is 11.2 Å². The average molecular weight is 312 g/mol. The highest BCUT2D eigenvalue weighted by molar-refractivity contribution is 5.80. The van der Waals surface area contributed by atoms with Gasteiger partial charge in [0.05, 0.1) is 0 Å². The number of fused-ring (bicyclic) bond motifs is 1. The van der Waals surface area contributed by atoms with E-state index in [4.69, 9.17) is 4.98 Å². The molecular formula is C20H16N4. The lowest BCUT2D eigenvalue weighted by atomic mass is 10.1. The molecule has 2 aromatic carbocycles. The van der Waals surface area contributed by atoms with Crippen LogP contribution in [-0.4, -0.2) is 15.0 Å². The minimum absolute atomic E-state index is 0.646. The van der Waals surface area contributed by atoms with Crippen molar-refractivity contribution in [2.24, 2.45) is 0 Å². The topological polar surface area (TPSA) is 50.7 Å². The van der Waals surface area contributed by atoms with Crippen LogP contribution in [0.2, 0.25) is 0 Å².